The van der Waals surface area contributed by atoms with Gasteiger partial charge in [-0.15, -0.1) is 11.3 Å². The summed E-state index contributed by atoms with van der Waals surface area (Å²) < 4.78 is 5.19. The molecular weight excluding hydrogens is 266 g/mol. The minimum atomic E-state index is -1.00. The Morgan fingerprint density at radius 3 is 2.84 bits per heavy atom. The van der Waals surface area contributed by atoms with Gasteiger partial charge in [0.1, 0.15) is 0 Å². The lowest BCUT2D eigenvalue weighted by Gasteiger charge is -2.15. The molecule has 0 radical (unpaired) electrons. The van der Waals surface area contributed by atoms with Gasteiger partial charge in [0.25, 0.3) is 5.91 Å². The molecule has 0 aliphatic carbocycles. The van der Waals surface area contributed by atoms with Gasteiger partial charge in [0.05, 0.1) is 11.5 Å². The number of carbonyl (C=O) groups is 2. The van der Waals surface area contributed by atoms with Crippen molar-refractivity contribution in [1.29, 1.82) is 0 Å². The number of amides is 1. The van der Waals surface area contributed by atoms with Crippen LogP contribution in [0.15, 0.2) is 18.2 Å². The molecule has 0 aromatic carbocycles. The van der Waals surface area contributed by atoms with E-state index in [9.17, 15) is 9.59 Å². The van der Waals surface area contributed by atoms with Crippen LogP contribution in [0, 0.1) is 0 Å². The average molecular weight is 283 g/mol. The van der Waals surface area contributed by atoms with Gasteiger partial charge < -0.3 is 14.7 Å². The summed E-state index contributed by atoms with van der Waals surface area (Å²) in [6.45, 7) is 3.58. The van der Waals surface area contributed by atoms with E-state index in [1.807, 2.05) is 6.92 Å². The lowest BCUT2D eigenvalue weighted by atomic mass is 10.3. The van der Waals surface area contributed by atoms with E-state index in [0.29, 0.717) is 24.6 Å². The fourth-order valence-electron chi connectivity index (χ4n) is 1.35. The van der Waals surface area contributed by atoms with Gasteiger partial charge in [-0.2, -0.15) is 0 Å². The van der Waals surface area contributed by atoms with E-state index in [1.165, 1.54) is 17.4 Å². The summed E-state index contributed by atoms with van der Waals surface area (Å²) in [6, 6.07) is 3.43. The standard InChI is InChI=1S/C13H17NO4S/c1-3-18-9-8-14(2)13(17)11-6-4-10(19-11)5-7-12(15)16/h4-7H,3,8-9H2,1-2H3,(H,15,16)/b7-5+. The number of likely N-dealkylation sites (N-methyl/N-ethyl adjacent to an activating group) is 1. The zero-order chi connectivity index (χ0) is 14.3. The Morgan fingerprint density at radius 1 is 1.47 bits per heavy atom. The number of hydrogen-bond acceptors (Lipinski definition) is 4. The van der Waals surface area contributed by atoms with Crippen LogP contribution in [0.3, 0.4) is 0 Å². The van der Waals surface area contributed by atoms with Crippen LogP contribution in [0.1, 0.15) is 21.5 Å². The molecule has 1 rings (SSSR count). The number of carboxylic acids is 1. The summed E-state index contributed by atoms with van der Waals surface area (Å²) in [6.07, 6.45) is 2.53. The molecule has 1 amide bonds. The molecule has 0 fully saturated rings. The maximum atomic E-state index is 12.0. The highest BCUT2D eigenvalue weighted by molar-refractivity contribution is 7.14. The Bertz CT molecular complexity index is 467. The smallest absolute Gasteiger partial charge is 0.328 e. The largest absolute Gasteiger partial charge is 0.478 e. The molecule has 1 heterocycles. The van der Waals surface area contributed by atoms with Crippen molar-refractivity contribution in [3.05, 3.63) is 28.0 Å². The van der Waals surface area contributed by atoms with Crippen LogP contribution in [0.5, 0.6) is 0 Å². The van der Waals surface area contributed by atoms with Gasteiger partial charge >= 0.3 is 5.97 Å². The fraction of sp³-hybridized carbons (Fsp3) is 0.385. The number of ether oxygens (including phenoxy) is 1. The predicted molar refractivity (Wildman–Crippen MR) is 74.4 cm³/mol. The van der Waals surface area contributed by atoms with Crippen LogP contribution in [0.2, 0.25) is 0 Å². The summed E-state index contributed by atoms with van der Waals surface area (Å²) in [7, 11) is 1.72. The number of rotatable bonds is 7. The molecule has 0 aliphatic rings. The first-order valence-electron chi connectivity index (χ1n) is 5.88. The van der Waals surface area contributed by atoms with Crippen LogP contribution in [0.4, 0.5) is 0 Å². The van der Waals surface area contributed by atoms with E-state index in [0.717, 1.165) is 11.0 Å². The zero-order valence-corrected chi connectivity index (χ0v) is 11.8. The van der Waals surface area contributed by atoms with Crippen molar-refractivity contribution in [2.45, 2.75) is 6.92 Å². The third kappa shape index (κ3) is 5.23. The van der Waals surface area contributed by atoms with E-state index >= 15 is 0 Å². The zero-order valence-electron chi connectivity index (χ0n) is 11.0. The second kappa shape index (κ2) is 7.70. The molecule has 0 saturated heterocycles. The van der Waals surface area contributed by atoms with Crippen LogP contribution in [-0.4, -0.2) is 48.7 Å². The predicted octanol–water partition coefficient (Wildman–Crippen LogP) is 1.95. The summed E-state index contributed by atoms with van der Waals surface area (Å²) in [5, 5.41) is 8.53. The number of carbonyl (C=O) groups excluding carboxylic acids is 1. The van der Waals surface area contributed by atoms with Gasteiger partial charge in [-0.3, -0.25) is 4.79 Å². The maximum absolute atomic E-state index is 12.0. The van der Waals surface area contributed by atoms with Crippen molar-refractivity contribution in [3.63, 3.8) is 0 Å². The summed E-state index contributed by atoms with van der Waals surface area (Å²) in [5.41, 5.74) is 0. The molecule has 0 bridgehead atoms. The molecule has 104 valence electrons. The van der Waals surface area contributed by atoms with Crippen LogP contribution < -0.4 is 0 Å². The first-order chi connectivity index (χ1) is 9.04. The average Bonchev–Trinajstić information content (AvgIpc) is 2.84. The van der Waals surface area contributed by atoms with Crippen LogP contribution in [0.25, 0.3) is 6.08 Å². The molecule has 6 heteroatoms. The Hall–Kier alpha value is -1.66. The monoisotopic (exact) mass is 283 g/mol. The Kier molecular flexibility index (Phi) is 6.24. The molecule has 0 saturated carbocycles. The minimum absolute atomic E-state index is 0.0836. The molecule has 0 atom stereocenters. The first-order valence-corrected chi connectivity index (χ1v) is 6.70. The van der Waals surface area contributed by atoms with E-state index in [4.69, 9.17) is 9.84 Å². The van der Waals surface area contributed by atoms with Gasteiger partial charge in [0.2, 0.25) is 0 Å². The third-order valence-electron chi connectivity index (χ3n) is 2.35. The topological polar surface area (TPSA) is 66.8 Å². The van der Waals surface area contributed by atoms with Gasteiger partial charge in [-0.05, 0) is 25.1 Å². The molecule has 1 aromatic rings. The Balaban J connectivity index is 2.60. The molecule has 0 unspecified atom stereocenters. The van der Waals surface area contributed by atoms with Crippen molar-refractivity contribution in [2.75, 3.05) is 26.8 Å². The fourth-order valence-corrected chi connectivity index (χ4v) is 2.25. The van der Waals surface area contributed by atoms with Crippen LogP contribution >= 0.6 is 11.3 Å². The first kappa shape index (κ1) is 15.4. The lowest BCUT2D eigenvalue weighted by molar-refractivity contribution is -0.131. The van der Waals surface area contributed by atoms with Gasteiger partial charge in [0.15, 0.2) is 0 Å². The van der Waals surface area contributed by atoms with Gasteiger partial charge in [-0.1, -0.05) is 0 Å². The van der Waals surface area contributed by atoms with Crippen molar-refractivity contribution in [1.82, 2.24) is 4.90 Å². The SMILES string of the molecule is CCOCCN(C)C(=O)c1ccc(/C=C/C(=O)O)s1. The molecule has 0 spiro atoms. The number of aliphatic carboxylic acids is 1. The van der Waals surface area contributed by atoms with Gasteiger partial charge in [-0.25, -0.2) is 4.79 Å². The molecule has 1 N–H and O–H groups in total. The van der Waals surface area contributed by atoms with Crippen molar-refractivity contribution in [3.8, 4) is 0 Å². The van der Waals surface area contributed by atoms with E-state index < -0.39 is 5.97 Å². The molecule has 1 aromatic heterocycles. The summed E-state index contributed by atoms with van der Waals surface area (Å²) in [5.74, 6) is -1.09. The van der Waals surface area contributed by atoms with Crippen LogP contribution in [-0.2, 0) is 9.53 Å². The Morgan fingerprint density at radius 2 is 2.21 bits per heavy atom. The minimum Gasteiger partial charge on any atom is -0.478 e. The summed E-state index contributed by atoms with van der Waals surface area (Å²) >= 11 is 1.27. The molecular formula is C13H17NO4S. The maximum Gasteiger partial charge on any atom is 0.328 e. The highest BCUT2D eigenvalue weighted by atomic mass is 32.1. The number of nitrogens with zero attached hydrogens (tertiary/aromatic N) is 1. The van der Waals surface area contributed by atoms with E-state index in [-0.39, 0.29) is 5.91 Å². The second-order valence-electron chi connectivity index (χ2n) is 3.80. The lowest BCUT2D eigenvalue weighted by Crippen LogP contribution is -2.29. The third-order valence-corrected chi connectivity index (χ3v) is 3.39. The second-order valence-corrected chi connectivity index (χ2v) is 4.91. The van der Waals surface area contributed by atoms with E-state index in [2.05, 4.69) is 0 Å². The van der Waals surface area contributed by atoms with E-state index in [1.54, 1.807) is 24.1 Å². The molecule has 5 nitrogen and oxygen atoms in total. The quantitative estimate of drug-likeness (QED) is 0.613. The van der Waals surface area contributed by atoms with Crippen molar-refractivity contribution in [2.24, 2.45) is 0 Å². The highest BCUT2D eigenvalue weighted by Gasteiger charge is 2.13. The molecule has 0 aliphatic heterocycles. The summed E-state index contributed by atoms with van der Waals surface area (Å²) in [4.78, 5) is 25.3. The number of thiophene rings is 1. The number of hydrogen-bond donors (Lipinski definition) is 1. The van der Waals surface area contributed by atoms with Gasteiger partial charge in [0, 0.05) is 31.2 Å². The van der Waals surface area contributed by atoms with Crippen molar-refractivity contribution < 1.29 is 19.4 Å². The Labute approximate surface area is 116 Å². The highest BCUT2D eigenvalue weighted by Crippen LogP contribution is 2.19. The number of carboxylic acid groups (broad SMARTS) is 1. The normalized spacial score (nSPS) is 10.8. The van der Waals surface area contributed by atoms with Crippen molar-refractivity contribution >= 4 is 29.3 Å². The molecule has 19 heavy (non-hydrogen) atoms.